The van der Waals surface area contributed by atoms with Crippen LogP contribution >= 0.6 is 0 Å². The quantitative estimate of drug-likeness (QED) is 0.744. The molecule has 2 N–H and O–H groups in total. The van der Waals surface area contributed by atoms with Gasteiger partial charge in [0.2, 0.25) is 5.91 Å². The van der Waals surface area contributed by atoms with Gasteiger partial charge in [-0.3, -0.25) is 24.1 Å². The molecular weight excluding hydrogens is 312 g/mol. The fourth-order valence-electron chi connectivity index (χ4n) is 2.68. The van der Waals surface area contributed by atoms with Crippen LogP contribution in [-0.4, -0.2) is 40.2 Å². The number of nitrogens with one attached hydrogen (secondary N) is 1. The molecule has 0 aromatic heterocycles. The molecule has 0 saturated carbocycles. The van der Waals surface area contributed by atoms with Crippen LogP contribution in [0, 0.1) is 5.92 Å². The van der Waals surface area contributed by atoms with Gasteiger partial charge in [-0.2, -0.15) is 0 Å². The third-order valence-corrected chi connectivity index (χ3v) is 4.14. The van der Waals surface area contributed by atoms with E-state index >= 15 is 0 Å². The van der Waals surface area contributed by atoms with E-state index in [-0.39, 0.29) is 35.9 Å². The number of rotatable bonds is 7. The molecule has 0 unspecified atom stereocenters. The molecule has 0 radical (unpaired) electrons. The standard InChI is InChI=1S/C17H20N2O5/c1-3-10(4-2)15(22)18-11-5-6-12-13(9-11)17(24)19(16(12)23)8-7-14(20)21/h5-6,9-10H,3-4,7-8H2,1-2H3,(H,18,22)(H,20,21). The van der Waals surface area contributed by atoms with Crippen LogP contribution in [0.3, 0.4) is 0 Å². The monoisotopic (exact) mass is 332 g/mol. The van der Waals surface area contributed by atoms with Crippen molar-refractivity contribution < 1.29 is 24.3 Å². The molecule has 0 aliphatic carbocycles. The summed E-state index contributed by atoms with van der Waals surface area (Å²) in [7, 11) is 0. The van der Waals surface area contributed by atoms with Gasteiger partial charge in [-0.05, 0) is 31.0 Å². The first kappa shape index (κ1) is 17.7. The first-order chi connectivity index (χ1) is 11.4. The van der Waals surface area contributed by atoms with E-state index in [1.807, 2.05) is 13.8 Å². The number of hydrogen-bond donors (Lipinski definition) is 2. The summed E-state index contributed by atoms with van der Waals surface area (Å²) in [5.41, 5.74) is 0.866. The number of benzene rings is 1. The zero-order valence-electron chi connectivity index (χ0n) is 13.7. The number of carboxylic acids is 1. The number of aliphatic carboxylic acids is 1. The van der Waals surface area contributed by atoms with Crippen molar-refractivity contribution in [1.82, 2.24) is 4.90 Å². The van der Waals surface area contributed by atoms with Crippen molar-refractivity contribution in [2.45, 2.75) is 33.1 Å². The second kappa shape index (κ2) is 7.25. The minimum atomic E-state index is -1.08. The molecule has 0 saturated heterocycles. The van der Waals surface area contributed by atoms with E-state index in [4.69, 9.17) is 5.11 Å². The molecule has 0 atom stereocenters. The fraction of sp³-hybridized carbons (Fsp3) is 0.412. The topological polar surface area (TPSA) is 104 Å². The number of anilines is 1. The molecule has 1 aliphatic rings. The molecule has 24 heavy (non-hydrogen) atoms. The summed E-state index contributed by atoms with van der Waals surface area (Å²) in [4.78, 5) is 48.2. The van der Waals surface area contributed by atoms with Gasteiger partial charge in [0.05, 0.1) is 17.5 Å². The largest absolute Gasteiger partial charge is 0.481 e. The van der Waals surface area contributed by atoms with Crippen LogP contribution in [0.2, 0.25) is 0 Å². The zero-order chi connectivity index (χ0) is 17.9. The van der Waals surface area contributed by atoms with Crippen molar-refractivity contribution in [3.63, 3.8) is 0 Å². The minimum absolute atomic E-state index is 0.109. The summed E-state index contributed by atoms with van der Waals surface area (Å²) in [6, 6.07) is 4.53. The molecule has 2 rings (SSSR count). The Labute approximate surface area is 139 Å². The van der Waals surface area contributed by atoms with Gasteiger partial charge in [0.1, 0.15) is 0 Å². The SMILES string of the molecule is CCC(CC)C(=O)Nc1ccc2c(c1)C(=O)N(CCC(=O)O)C2=O. The first-order valence-electron chi connectivity index (χ1n) is 7.91. The summed E-state index contributed by atoms with van der Waals surface area (Å²) >= 11 is 0. The van der Waals surface area contributed by atoms with Crippen molar-refractivity contribution in [2.24, 2.45) is 5.92 Å². The van der Waals surface area contributed by atoms with Crippen molar-refractivity contribution in [2.75, 3.05) is 11.9 Å². The van der Waals surface area contributed by atoms with Gasteiger partial charge in [-0.15, -0.1) is 0 Å². The first-order valence-corrected chi connectivity index (χ1v) is 7.91. The number of fused-ring (bicyclic) bond motifs is 1. The maximum atomic E-state index is 12.3. The highest BCUT2D eigenvalue weighted by molar-refractivity contribution is 6.22. The van der Waals surface area contributed by atoms with Crippen LogP contribution < -0.4 is 5.32 Å². The Morgan fingerprint density at radius 1 is 1.12 bits per heavy atom. The van der Waals surface area contributed by atoms with E-state index in [1.165, 1.54) is 12.1 Å². The number of imide groups is 1. The molecule has 7 heteroatoms. The van der Waals surface area contributed by atoms with Crippen LogP contribution in [-0.2, 0) is 9.59 Å². The molecule has 1 aliphatic heterocycles. The third kappa shape index (κ3) is 3.45. The van der Waals surface area contributed by atoms with Gasteiger partial charge in [0, 0.05) is 18.2 Å². The summed E-state index contributed by atoms with van der Waals surface area (Å²) < 4.78 is 0. The predicted molar refractivity (Wildman–Crippen MR) is 86.8 cm³/mol. The lowest BCUT2D eigenvalue weighted by atomic mass is 10.0. The Hall–Kier alpha value is -2.70. The third-order valence-electron chi connectivity index (χ3n) is 4.14. The zero-order valence-corrected chi connectivity index (χ0v) is 13.7. The van der Waals surface area contributed by atoms with Gasteiger partial charge >= 0.3 is 5.97 Å². The second-order valence-electron chi connectivity index (χ2n) is 5.67. The molecule has 1 aromatic rings. The van der Waals surface area contributed by atoms with E-state index in [0.29, 0.717) is 18.5 Å². The fourth-order valence-corrected chi connectivity index (χ4v) is 2.68. The lowest BCUT2D eigenvalue weighted by Gasteiger charge is -2.13. The number of hydrogen-bond acceptors (Lipinski definition) is 4. The van der Waals surface area contributed by atoms with E-state index in [1.54, 1.807) is 6.07 Å². The Morgan fingerprint density at radius 3 is 2.33 bits per heavy atom. The molecule has 128 valence electrons. The van der Waals surface area contributed by atoms with Crippen molar-refractivity contribution in [3.05, 3.63) is 29.3 Å². The van der Waals surface area contributed by atoms with Crippen LogP contribution in [0.4, 0.5) is 5.69 Å². The Morgan fingerprint density at radius 2 is 1.75 bits per heavy atom. The summed E-state index contributed by atoms with van der Waals surface area (Å²) in [6.45, 7) is 3.69. The molecule has 1 aromatic carbocycles. The molecular formula is C17H20N2O5. The number of carbonyl (C=O) groups excluding carboxylic acids is 3. The Balaban J connectivity index is 2.18. The van der Waals surface area contributed by atoms with Gasteiger partial charge in [-0.1, -0.05) is 13.8 Å². The molecule has 0 bridgehead atoms. The van der Waals surface area contributed by atoms with Crippen LogP contribution in [0.15, 0.2) is 18.2 Å². The minimum Gasteiger partial charge on any atom is -0.481 e. The summed E-state index contributed by atoms with van der Waals surface area (Å²) in [6.07, 6.45) is 1.13. The normalized spacial score (nSPS) is 13.4. The van der Waals surface area contributed by atoms with Crippen LogP contribution in [0.25, 0.3) is 0 Å². The van der Waals surface area contributed by atoms with E-state index in [0.717, 1.165) is 4.90 Å². The van der Waals surface area contributed by atoms with Crippen molar-refractivity contribution in [3.8, 4) is 0 Å². The maximum Gasteiger partial charge on any atom is 0.305 e. The average molecular weight is 332 g/mol. The highest BCUT2D eigenvalue weighted by atomic mass is 16.4. The van der Waals surface area contributed by atoms with E-state index in [9.17, 15) is 19.2 Å². The molecule has 3 amide bonds. The molecule has 1 heterocycles. The maximum absolute atomic E-state index is 12.3. The smallest absolute Gasteiger partial charge is 0.305 e. The number of carboxylic acid groups (broad SMARTS) is 1. The number of amides is 3. The number of nitrogens with zero attached hydrogens (tertiary/aromatic N) is 1. The van der Waals surface area contributed by atoms with Crippen LogP contribution in [0.1, 0.15) is 53.8 Å². The number of carbonyl (C=O) groups is 4. The van der Waals surface area contributed by atoms with Gasteiger partial charge in [0.25, 0.3) is 11.8 Å². The lowest BCUT2D eigenvalue weighted by Crippen LogP contribution is -2.31. The second-order valence-corrected chi connectivity index (χ2v) is 5.67. The van der Waals surface area contributed by atoms with Crippen LogP contribution in [0.5, 0.6) is 0 Å². The van der Waals surface area contributed by atoms with Gasteiger partial charge in [-0.25, -0.2) is 0 Å². The van der Waals surface area contributed by atoms with Crippen molar-refractivity contribution in [1.29, 1.82) is 0 Å². The molecule has 7 nitrogen and oxygen atoms in total. The predicted octanol–water partition coefficient (Wildman–Crippen LogP) is 2.13. The van der Waals surface area contributed by atoms with Crippen molar-refractivity contribution >= 4 is 29.4 Å². The summed E-state index contributed by atoms with van der Waals surface area (Å²) in [5, 5.41) is 11.5. The van der Waals surface area contributed by atoms with Gasteiger partial charge in [0.15, 0.2) is 0 Å². The van der Waals surface area contributed by atoms with E-state index < -0.39 is 17.8 Å². The van der Waals surface area contributed by atoms with Gasteiger partial charge < -0.3 is 10.4 Å². The molecule has 0 fully saturated rings. The Bertz CT molecular complexity index is 694. The highest BCUT2D eigenvalue weighted by Gasteiger charge is 2.35. The molecule has 0 spiro atoms. The lowest BCUT2D eigenvalue weighted by molar-refractivity contribution is -0.137. The highest BCUT2D eigenvalue weighted by Crippen LogP contribution is 2.26. The Kier molecular flexibility index (Phi) is 5.33. The summed E-state index contributed by atoms with van der Waals surface area (Å²) in [5.74, 6) is -2.35. The average Bonchev–Trinajstić information content (AvgIpc) is 2.77. The van der Waals surface area contributed by atoms with E-state index in [2.05, 4.69) is 5.32 Å².